The maximum absolute atomic E-state index is 12.8. The molecule has 6 nitrogen and oxygen atoms in total. The van der Waals surface area contributed by atoms with E-state index in [1.807, 2.05) is 13.2 Å². The third-order valence-corrected chi connectivity index (χ3v) is 5.52. The number of carbonyl (C=O) groups excluding carboxylic acids is 2. The van der Waals surface area contributed by atoms with E-state index in [-0.39, 0.29) is 17.7 Å². The second-order valence-corrected chi connectivity index (χ2v) is 7.75. The Bertz CT molecular complexity index is 852. The maximum atomic E-state index is 12.8. The molecule has 0 bridgehead atoms. The number of carbonyl (C=O) groups is 2. The Balaban J connectivity index is 1.64. The van der Waals surface area contributed by atoms with Crippen molar-refractivity contribution in [1.29, 1.82) is 0 Å². The summed E-state index contributed by atoms with van der Waals surface area (Å²) >= 11 is 12.0. The largest absolute Gasteiger partial charge is 0.341 e. The molecular formula is C19H22Cl2N4O2. The predicted molar refractivity (Wildman–Crippen MR) is 105 cm³/mol. The molecule has 3 rings (SSSR count). The van der Waals surface area contributed by atoms with Crippen LogP contribution in [0.25, 0.3) is 0 Å². The van der Waals surface area contributed by atoms with Crippen LogP contribution in [0.15, 0.2) is 30.6 Å². The van der Waals surface area contributed by atoms with Crippen LogP contribution in [0.4, 0.5) is 0 Å². The average molecular weight is 409 g/mol. The Morgan fingerprint density at radius 3 is 2.74 bits per heavy atom. The molecule has 1 atom stereocenters. The van der Waals surface area contributed by atoms with Gasteiger partial charge in [-0.3, -0.25) is 14.3 Å². The lowest BCUT2D eigenvalue weighted by Gasteiger charge is -2.34. The highest BCUT2D eigenvalue weighted by molar-refractivity contribution is 6.42. The van der Waals surface area contributed by atoms with Crippen molar-refractivity contribution in [3.05, 3.63) is 51.8 Å². The molecule has 2 aromatic rings. The van der Waals surface area contributed by atoms with Gasteiger partial charge in [0, 0.05) is 51.1 Å². The molecule has 1 aromatic carbocycles. The molecule has 27 heavy (non-hydrogen) atoms. The van der Waals surface area contributed by atoms with Gasteiger partial charge in [-0.1, -0.05) is 23.2 Å². The first-order chi connectivity index (χ1) is 12.8. The normalized spacial score (nSPS) is 17.0. The molecule has 8 heteroatoms. The van der Waals surface area contributed by atoms with Crippen molar-refractivity contribution in [2.24, 2.45) is 13.0 Å². The quantitative estimate of drug-likeness (QED) is 0.779. The maximum Gasteiger partial charge on any atom is 0.253 e. The lowest BCUT2D eigenvalue weighted by atomic mass is 9.96. The van der Waals surface area contributed by atoms with Crippen molar-refractivity contribution >= 4 is 35.0 Å². The third-order valence-electron chi connectivity index (χ3n) is 4.78. The molecule has 2 heterocycles. The zero-order chi connectivity index (χ0) is 19.6. The molecule has 0 aliphatic carbocycles. The number of nitrogens with zero attached hydrogens (tertiary/aromatic N) is 4. The smallest absolute Gasteiger partial charge is 0.253 e. The molecule has 1 saturated heterocycles. The second-order valence-electron chi connectivity index (χ2n) is 6.94. The average Bonchev–Trinajstić information content (AvgIpc) is 3.07. The summed E-state index contributed by atoms with van der Waals surface area (Å²) in [5.41, 5.74) is 1.47. The minimum atomic E-state index is -0.202. The molecule has 1 aliphatic heterocycles. The summed E-state index contributed by atoms with van der Waals surface area (Å²) in [6.45, 7) is 1.55. The molecule has 1 aliphatic rings. The first-order valence-electron chi connectivity index (χ1n) is 8.82. The highest BCUT2D eigenvalue weighted by Crippen LogP contribution is 2.25. The standard InChI is InChI=1S/C19H22Cl2N4O2/c1-23(10-13-9-22-24(2)11-13)18(26)15-4-3-7-25(12-15)19(27)14-5-6-16(20)17(21)8-14/h5-6,8-9,11,15H,3-4,7,10,12H2,1-2H3/t15-/m1/s1. The van der Waals surface area contributed by atoms with Crippen LogP contribution in [0.5, 0.6) is 0 Å². The van der Waals surface area contributed by atoms with Gasteiger partial charge in [0.25, 0.3) is 5.91 Å². The Kier molecular flexibility index (Phi) is 6.07. The van der Waals surface area contributed by atoms with Crippen LogP contribution in [0.2, 0.25) is 10.0 Å². The fourth-order valence-corrected chi connectivity index (χ4v) is 3.69. The van der Waals surface area contributed by atoms with Gasteiger partial charge in [0.15, 0.2) is 0 Å². The topological polar surface area (TPSA) is 58.4 Å². The Morgan fingerprint density at radius 2 is 2.07 bits per heavy atom. The van der Waals surface area contributed by atoms with Crippen molar-refractivity contribution in [1.82, 2.24) is 19.6 Å². The van der Waals surface area contributed by atoms with E-state index in [9.17, 15) is 9.59 Å². The zero-order valence-electron chi connectivity index (χ0n) is 15.4. The van der Waals surface area contributed by atoms with Crippen LogP contribution in [0.3, 0.4) is 0 Å². The molecule has 1 aromatic heterocycles. The molecule has 0 N–H and O–H groups in total. The number of amides is 2. The molecule has 2 amide bonds. The van der Waals surface area contributed by atoms with Crippen LogP contribution in [-0.4, -0.2) is 51.5 Å². The van der Waals surface area contributed by atoms with E-state index in [4.69, 9.17) is 23.2 Å². The van der Waals surface area contributed by atoms with Crippen molar-refractivity contribution in [2.45, 2.75) is 19.4 Å². The van der Waals surface area contributed by atoms with Gasteiger partial charge in [-0.25, -0.2) is 0 Å². The van der Waals surface area contributed by atoms with Gasteiger partial charge >= 0.3 is 0 Å². The third kappa shape index (κ3) is 4.62. The minimum Gasteiger partial charge on any atom is -0.341 e. The van der Waals surface area contributed by atoms with Crippen molar-refractivity contribution in [3.8, 4) is 0 Å². The van der Waals surface area contributed by atoms with Gasteiger partial charge in [0.2, 0.25) is 5.91 Å². The summed E-state index contributed by atoms with van der Waals surface area (Å²) in [6, 6.07) is 4.86. The van der Waals surface area contributed by atoms with E-state index >= 15 is 0 Å². The van der Waals surface area contributed by atoms with Crippen LogP contribution >= 0.6 is 23.2 Å². The Labute approximate surface area is 168 Å². The lowest BCUT2D eigenvalue weighted by Crippen LogP contribution is -2.45. The van der Waals surface area contributed by atoms with E-state index in [1.165, 1.54) is 0 Å². The number of halogens is 2. The summed E-state index contributed by atoms with van der Waals surface area (Å²) in [5.74, 6) is -0.279. The Morgan fingerprint density at radius 1 is 1.30 bits per heavy atom. The van der Waals surface area contributed by atoms with E-state index < -0.39 is 0 Å². The van der Waals surface area contributed by atoms with E-state index in [0.29, 0.717) is 35.2 Å². The highest BCUT2D eigenvalue weighted by atomic mass is 35.5. The van der Waals surface area contributed by atoms with E-state index in [2.05, 4.69) is 5.10 Å². The molecule has 0 spiro atoms. The zero-order valence-corrected chi connectivity index (χ0v) is 16.9. The number of likely N-dealkylation sites (tertiary alicyclic amines) is 1. The first-order valence-corrected chi connectivity index (χ1v) is 9.57. The Hall–Kier alpha value is -2.05. The van der Waals surface area contributed by atoms with Crippen LogP contribution in [-0.2, 0) is 18.4 Å². The van der Waals surface area contributed by atoms with Gasteiger partial charge in [-0.2, -0.15) is 5.10 Å². The predicted octanol–water partition coefficient (Wildman–Crippen LogP) is 3.24. The number of hydrogen-bond donors (Lipinski definition) is 0. The number of aromatic nitrogens is 2. The lowest BCUT2D eigenvalue weighted by molar-refractivity contribution is -0.136. The SMILES string of the molecule is CN(Cc1cnn(C)c1)C(=O)[C@@H]1CCCN(C(=O)c2ccc(Cl)c(Cl)c2)C1. The van der Waals surface area contributed by atoms with Gasteiger partial charge < -0.3 is 9.80 Å². The van der Waals surface area contributed by atoms with Crippen molar-refractivity contribution < 1.29 is 9.59 Å². The molecule has 1 fully saturated rings. The fourth-order valence-electron chi connectivity index (χ4n) is 3.39. The minimum absolute atomic E-state index is 0.0468. The number of aryl methyl sites for hydroxylation is 1. The summed E-state index contributed by atoms with van der Waals surface area (Å²) in [4.78, 5) is 29.0. The van der Waals surface area contributed by atoms with Crippen LogP contribution < -0.4 is 0 Å². The van der Waals surface area contributed by atoms with Crippen LogP contribution in [0.1, 0.15) is 28.8 Å². The van der Waals surface area contributed by atoms with E-state index in [0.717, 1.165) is 18.4 Å². The number of benzene rings is 1. The number of hydrogen-bond acceptors (Lipinski definition) is 3. The first kappa shape index (κ1) is 19.7. The number of rotatable bonds is 4. The monoisotopic (exact) mass is 408 g/mol. The second kappa shape index (κ2) is 8.31. The molecule has 0 saturated carbocycles. The van der Waals surface area contributed by atoms with Crippen LogP contribution in [0, 0.1) is 5.92 Å². The fraction of sp³-hybridized carbons (Fsp3) is 0.421. The molecule has 144 valence electrons. The molecular weight excluding hydrogens is 387 g/mol. The summed E-state index contributed by atoms with van der Waals surface area (Å²) in [7, 11) is 3.63. The summed E-state index contributed by atoms with van der Waals surface area (Å²) < 4.78 is 1.71. The molecule has 0 unspecified atom stereocenters. The summed E-state index contributed by atoms with van der Waals surface area (Å²) in [6.07, 6.45) is 5.22. The van der Waals surface area contributed by atoms with Gasteiger partial charge in [-0.15, -0.1) is 0 Å². The van der Waals surface area contributed by atoms with Gasteiger partial charge in [0.05, 0.1) is 22.2 Å². The van der Waals surface area contributed by atoms with Gasteiger partial charge in [-0.05, 0) is 31.0 Å². The van der Waals surface area contributed by atoms with Crippen molar-refractivity contribution in [2.75, 3.05) is 20.1 Å². The summed E-state index contributed by atoms with van der Waals surface area (Å²) in [5, 5.41) is 4.89. The highest BCUT2D eigenvalue weighted by Gasteiger charge is 2.30. The van der Waals surface area contributed by atoms with Gasteiger partial charge in [0.1, 0.15) is 0 Å². The molecule has 0 radical (unpaired) electrons. The van der Waals surface area contributed by atoms with Crippen molar-refractivity contribution in [3.63, 3.8) is 0 Å². The number of piperidine rings is 1. The van der Waals surface area contributed by atoms with E-state index in [1.54, 1.807) is 45.9 Å².